The summed E-state index contributed by atoms with van der Waals surface area (Å²) in [7, 11) is -2.00. The minimum Gasteiger partial charge on any atom is -0.465 e. The van der Waals surface area contributed by atoms with E-state index in [0.717, 1.165) is 29.6 Å². The molecule has 116 valence electrons. The minimum atomic E-state index is -4.17. The fourth-order valence-corrected chi connectivity index (χ4v) is 2.98. The summed E-state index contributed by atoms with van der Waals surface area (Å²) in [5.41, 5.74) is -1.31. The maximum Gasteiger partial charge on any atom is 0.346 e. The molecule has 0 radical (unpaired) electrons. The number of ether oxygens (including phenoxy) is 1. The van der Waals surface area contributed by atoms with Crippen LogP contribution in [-0.2, 0) is 14.8 Å². The Labute approximate surface area is 120 Å². The van der Waals surface area contributed by atoms with Gasteiger partial charge in [-0.3, -0.25) is 10.1 Å². The summed E-state index contributed by atoms with van der Waals surface area (Å²) in [6.45, 7) is -0.649. The zero-order valence-corrected chi connectivity index (χ0v) is 12.2. The highest BCUT2D eigenvalue weighted by molar-refractivity contribution is 7.89. The van der Waals surface area contributed by atoms with E-state index in [0.29, 0.717) is 0 Å². The van der Waals surface area contributed by atoms with Gasteiger partial charge in [-0.25, -0.2) is 13.2 Å². The molecule has 0 saturated heterocycles. The molecule has 1 aromatic carbocycles. The normalized spacial score (nSPS) is 11.4. The number of carbonyl (C=O) groups is 1. The molecule has 1 N–H and O–H groups in total. The Bertz CT molecular complexity index is 657. The molecule has 0 spiro atoms. The lowest BCUT2D eigenvalue weighted by atomic mass is 10.2. The van der Waals surface area contributed by atoms with Gasteiger partial charge in [0, 0.05) is 19.7 Å². The van der Waals surface area contributed by atoms with Crippen LogP contribution in [0.3, 0.4) is 0 Å². The first kappa shape index (κ1) is 17.0. The molecule has 10 heteroatoms. The second kappa shape index (κ2) is 6.61. The standard InChI is InChI=1S/C11H14N2O7S/c1-12(6-7-14)21(18,19)9-5-3-4-8(13(16)17)10(9)11(15)20-2/h3-5,14H,6-7H2,1-2H3. The lowest BCUT2D eigenvalue weighted by molar-refractivity contribution is -0.385. The van der Waals surface area contributed by atoms with Crippen molar-refractivity contribution in [3.63, 3.8) is 0 Å². The second-order valence-electron chi connectivity index (χ2n) is 3.95. The van der Waals surface area contributed by atoms with Gasteiger partial charge in [-0.15, -0.1) is 0 Å². The van der Waals surface area contributed by atoms with Gasteiger partial charge in [-0.05, 0) is 6.07 Å². The van der Waals surface area contributed by atoms with Crippen molar-refractivity contribution in [3.8, 4) is 0 Å². The molecule has 0 atom stereocenters. The quantitative estimate of drug-likeness (QED) is 0.444. The highest BCUT2D eigenvalue weighted by Crippen LogP contribution is 2.28. The first-order chi connectivity index (χ1) is 9.77. The van der Waals surface area contributed by atoms with Crippen LogP contribution >= 0.6 is 0 Å². The highest BCUT2D eigenvalue weighted by Gasteiger charge is 2.33. The number of aliphatic hydroxyl groups is 1. The zero-order chi connectivity index (χ0) is 16.2. The third-order valence-corrected chi connectivity index (χ3v) is 4.59. The lowest BCUT2D eigenvalue weighted by Gasteiger charge is -2.17. The van der Waals surface area contributed by atoms with Crippen molar-refractivity contribution in [2.75, 3.05) is 27.3 Å². The Morgan fingerprint density at radius 2 is 2.10 bits per heavy atom. The summed E-state index contributed by atoms with van der Waals surface area (Å²) >= 11 is 0. The molecule has 0 unspecified atom stereocenters. The maximum absolute atomic E-state index is 12.3. The van der Waals surface area contributed by atoms with Crippen LogP contribution in [0.1, 0.15) is 10.4 Å². The van der Waals surface area contributed by atoms with E-state index in [1.165, 1.54) is 7.05 Å². The Morgan fingerprint density at radius 1 is 1.48 bits per heavy atom. The third kappa shape index (κ3) is 3.35. The molecule has 0 fully saturated rings. The predicted molar refractivity (Wildman–Crippen MR) is 71.3 cm³/mol. The molecule has 0 saturated carbocycles. The smallest absolute Gasteiger partial charge is 0.346 e. The van der Waals surface area contributed by atoms with Crippen molar-refractivity contribution in [3.05, 3.63) is 33.9 Å². The van der Waals surface area contributed by atoms with Crippen LogP contribution < -0.4 is 0 Å². The molecule has 9 nitrogen and oxygen atoms in total. The first-order valence-corrected chi connectivity index (χ1v) is 7.14. The lowest BCUT2D eigenvalue weighted by Crippen LogP contribution is -2.31. The average Bonchev–Trinajstić information content (AvgIpc) is 2.45. The molecule has 0 amide bonds. The predicted octanol–water partition coefficient (Wildman–Crippen LogP) is -0.00580. The molecule has 0 bridgehead atoms. The van der Waals surface area contributed by atoms with E-state index in [2.05, 4.69) is 4.74 Å². The van der Waals surface area contributed by atoms with Crippen LogP contribution in [0.2, 0.25) is 0 Å². The van der Waals surface area contributed by atoms with Crippen LogP contribution in [-0.4, -0.2) is 56.0 Å². The number of likely N-dealkylation sites (N-methyl/N-ethyl adjacent to an activating group) is 1. The fraction of sp³-hybridized carbons (Fsp3) is 0.364. The van der Waals surface area contributed by atoms with E-state index in [1.807, 2.05) is 0 Å². The van der Waals surface area contributed by atoms with E-state index in [-0.39, 0.29) is 6.54 Å². The number of hydrogen-bond donors (Lipinski definition) is 1. The van der Waals surface area contributed by atoms with Gasteiger partial charge < -0.3 is 9.84 Å². The number of esters is 1. The summed E-state index contributed by atoms with van der Waals surface area (Å²) in [4.78, 5) is 21.3. The fourth-order valence-electron chi connectivity index (χ4n) is 1.62. The number of carbonyl (C=O) groups excluding carboxylic acids is 1. The van der Waals surface area contributed by atoms with Crippen LogP contribution in [0, 0.1) is 10.1 Å². The number of nitro groups is 1. The van der Waals surface area contributed by atoms with E-state index >= 15 is 0 Å². The summed E-state index contributed by atoms with van der Waals surface area (Å²) in [5.74, 6) is -1.13. The summed E-state index contributed by atoms with van der Waals surface area (Å²) in [6.07, 6.45) is 0. The molecule has 1 aromatic rings. The number of benzene rings is 1. The molecule has 0 aliphatic carbocycles. The number of nitrogens with zero attached hydrogens (tertiary/aromatic N) is 2. The number of nitro benzene ring substituents is 1. The minimum absolute atomic E-state index is 0.217. The van der Waals surface area contributed by atoms with Gasteiger partial charge in [0.1, 0.15) is 4.90 Å². The van der Waals surface area contributed by atoms with E-state index in [4.69, 9.17) is 5.11 Å². The van der Waals surface area contributed by atoms with Crippen molar-refractivity contribution >= 4 is 21.7 Å². The molecule has 0 aromatic heterocycles. The SMILES string of the molecule is COC(=O)c1c([N+](=O)[O-])cccc1S(=O)(=O)N(C)CCO. The Balaban J connectivity index is 3.60. The van der Waals surface area contributed by atoms with Gasteiger partial charge in [0.05, 0.1) is 18.6 Å². The summed E-state index contributed by atoms with van der Waals surface area (Å²) in [6, 6.07) is 3.24. The van der Waals surface area contributed by atoms with Gasteiger partial charge in [-0.2, -0.15) is 4.31 Å². The Hall–Kier alpha value is -2.04. The molecular formula is C11H14N2O7S. The van der Waals surface area contributed by atoms with Gasteiger partial charge in [0.25, 0.3) is 5.69 Å². The van der Waals surface area contributed by atoms with Gasteiger partial charge in [-0.1, -0.05) is 6.07 Å². The van der Waals surface area contributed by atoms with E-state index < -0.39 is 43.7 Å². The topological polar surface area (TPSA) is 127 Å². The van der Waals surface area contributed by atoms with Crippen molar-refractivity contribution in [1.29, 1.82) is 0 Å². The maximum atomic E-state index is 12.3. The second-order valence-corrected chi connectivity index (χ2v) is 5.96. The molecular weight excluding hydrogens is 304 g/mol. The largest absolute Gasteiger partial charge is 0.465 e. The average molecular weight is 318 g/mol. The molecule has 21 heavy (non-hydrogen) atoms. The van der Waals surface area contributed by atoms with Gasteiger partial charge >= 0.3 is 5.97 Å². The number of hydrogen-bond acceptors (Lipinski definition) is 7. The molecule has 0 aliphatic rings. The van der Waals surface area contributed by atoms with Crippen molar-refractivity contribution in [2.24, 2.45) is 0 Å². The van der Waals surface area contributed by atoms with Crippen molar-refractivity contribution in [2.45, 2.75) is 4.90 Å². The zero-order valence-electron chi connectivity index (χ0n) is 11.3. The van der Waals surface area contributed by atoms with E-state index in [9.17, 15) is 23.3 Å². The van der Waals surface area contributed by atoms with Crippen LogP contribution in [0.4, 0.5) is 5.69 Å². The third-order valence-electron chi connectivity index (χ3n) is 2.69. The van der Waals surface area contributed by atoms with Crippen molar-refractivity contribution < 1.29 is 28.0 Å². The van der Waals surface area contributed by atoms with Crippen LogP contribution in [0.15, 0.2) is 23.1 Å². The Morgan fingerprint density at radius 3 is 2.57 bits per heavy atom. The van der Waals surface area contributed by atoms with Crippen molar-refractivity contribution in [1.82, 2.24) is 4.31 Å². The molecule has 0 heterocycles. The monoisotopic (exact) mass is 318 g/mol. The highest BCUT2D eigenvalue weighted by atomic mass is 32.2. The van der Waals surface area contributed by atoms with Gasteiger partial charge in [0.2, 0.25) is 10.0 Å². The van der Waals surface area contributed by atoms with E-state index in [1.54, 1.807) is 0 Å². The number of sulfonamides is 1. The molecule has 1 rings (SSSR count). The summed E-state index contributed by atoms with van der Waals surface area (Å²) in [5, 5.41) is 19.8. The number of rotatable bonds is 6. The first-order valence-electron chi connectivity index (χ1n) is 5.70. The van der Waals surface area contributed by atoms with Crippen LogP contribution in [0.25, 0.3) is 0 Å². The number of aliphatic hydroxyl groups excluding tert-OH is 1. The van der Waals surface area contributed by atoms with Gasteiger partial charge in [0.15, 0.2) is 5.56 Å². The number of methoxy groups -OCH3 is 1. The van der Waals surface area contributed by atoms with Crippen LogP contribution in [0.5, 0.6) is 0 Å². The Kier molecular flexibility index (Phi) is 5.35. The molecule has 0 aliphatic heterocycles. The summed E-state index contributed by atoms with van der Waals surface area (Å²) < 4.78 is 29.9.